The first-order valence-corrected chi connectivity index (χ1v) is 9.80. The van der Waals surface area contributed by atoms with Gasteiger partial charge in [0.2, 0.25) is 0 Å². The summed E-state index contributed by atoms with van der Waals surface area (Å²) in [5, 5.41) is 10.5. The van der Waals surface area contributed by atoms with Gasteiger partial charge in [-0.25, -0.2) is 0 Å². The molecule has 0 bridgehead atoms. The van der Waals surface area contributed by atoms with Crippen LogP contribution in [0.15, 0.2) is 30.3 Å². The Morgan fingerprint density at radius 1 is 1.04 bits per heavy atom. The van der Waals surface area contributed by atoms with Crippen molar-refractivity contribution in [1.29, 1.82) is 0 Å². The third-order valence-electron chi connectivity index (χ3n) is 5.55. The smallest absolute Gasteiger partial charge is 0.157 e. The third kappa shape index (κ3) is 5.58. The number of ether oxygens (including phenoxy) is 2. The average Bonchev–Trinajstić information content (AvgIpc) is 2.64. The maximum absolute atomic E-state index is 10.5. The van der Waals surface area contributed by atoms with Crippen LogP contribution in [0.1, 0.15) is 63.4 Å². The number of hydrogen-bond donors (Lipinski definition) is 1. The van der Waals surface area contributed by atoms with Gasteiger partial charge >= 0.3 is 0 Å². The SMILES string of the molecule is O[C@@H](CCCc1ccccc1)C1CCC(OC2CCCCO2)CC1. The minimum Gasteiger partial charge on any atom is -0.393 e. The normalized spacial score (nSPS) is 29.3. The second-order valence-electron chi connectivity index (χ2n) is 7.41. The Balaban J connectivity index is 1.32. The lowest BCUT2D eigenvalue weighted by Crippen LogP contribution is -2.33. The van der Waals surface area contributed by atoms with E-state index in [9.17, 15) is 5.11 Å². The van der Waals surface area contributed by atoms with Crippen LogP contribution in [0.5, 0.6) is 0 Å². The summed E-state index contributed by atoms with van der Waals surface area (Å²) < 4.78 is 11.8. The molecule has 1 unspecified atom stereocenters. The molecule has 1 aliphatic carbocycles. The van der Waals surface area contributed by atoms with Crippen molar-refractivity contribution >= 4 is 0 Å². The van der Waals surface area contributed by atoms with Crippen molar-refractivity contribution in [3.05, 3.63) is 35.9 Å². The molecule has 2 aliphatic rings. The van der Waals surface area contributed by atoms with Gasteiger partial charge in [-0.1, -0.05) is 30.3 Å². The summed E-state index contributed by atoms with van der Waals surface area (Å²) in [6.45, 7) is 0.847. The second kappa shape index (κ2) is 9.55. The van der Waals surface area contributed by atoms with Crippen LogP contribution < -0.4 is 0 Å². The Bertz CT molecular complexity index is 447. The highest BCUT2D eigenvalue weighted by Gasteiger charge is 2.28. The summed E-state index contributed by atoms with van der Waals surface area (Å²) in [7, 11) is 0. The quantitative estimate of drug-likeness (QED) is 0.800. The predicted octanol–water partition coefficient (Wildman–Crippen LogP) is 4.47. The highest BCUT2D eigenvalue weighted by Crippen LogP contribution is 2.32. The lowest BCUT2D eigenvalue weighted by molar-refractivity contribution is -0.195. The number of benzene rings is 1. The third-order valence-corrected chi connectivity index (χ3v) is 5.55. The molecular formula is C21H32O3. The zero-order valence-corrected chi connectivity index (χ0v) is 14.7. The van der Waals surface area contributed by atoms with Crippen LogP contribution in [0.4, 0.5) is 0 Å². The van der Waals surface area contributed by atoms with E-state index in [1.165, 1.54) is 18.4 Å². The van der Waals surface area contributed by atoms with Gasteiger partial charge in [0, 0.05) is 6.61 Å². The summed E-state index contributed by atoms with van der Waals surface area (Å²) in [6, 6.07) is 10.6. The van der Waals surface area contributed by atoms with Crippen LogP contribution in [0, 0.1) is 5.92 Å². The number of aliphatic hydroxyl groups is 1. The van der Waals surface area contributed by atoms with Crippen molar-refractivity contribution in [1.82, 2.24) is 0 Å². The fraction of sp³-hybridized carbons (Fsp3) is 0.714. The van der Waals surface area contributed by atoms with Gasteiger partial charge in [-0.05, 0) is 75.7 Å². The number of aliphatic hydroxyl groups excluding tert-OH is 1. The lowest BCUT2D eigenvalue weighted by Gasteiger charge is -2.34. The maximum atomic E-state index is 10.5. The van der Waals surface area contributed by atoms with Crippen molar-refractivity contribution in [2.24, 2.45) is 5.92 Å². The number of rotatable bonds is 7. The molecule has 1 aromatic carbocycles. The number of hydrogen-bond acceptors (Lipinski definition) is 3. The minimum atomic E-state index is -0.152. The standard InChI is InChI=1S/C21H32O3/c22-20(10-6-9-17-7-2-1-3-8-17)18-12-14-19(15-13-18)24-21-11-4-5-16-23-21/h1-3,7-8,18-22H,4-6,9-16H2/t18?,19?,20-,21?/m0/s1. The van der Waals surface area contributed by atoms with E-state index in [1.54, 1.807) is 0 Å². The van der Waals surface area contributed by atoms with E-state index in [4.69, 9.17) is 9.47 Å². The van der Waals surface area contributed by atoms with Crippen LogP contribution in [-0.2, 0) is 15.9 Å². The molecule has 2 atom stereocenters. The highest BCUT2D eigenvalue weighted by atomic mass is 16.7. The molecule has 1 heterocycles. The number of aryl methyl sites for hydroxylation is 1. The zero-order chi connectivity index (χ0) is 16.6. The second-order valence-corrected chi connectivity index (χ2v) is 7.41. The van der Waals surface area contributed by atoms with E-state index in [0.29, 0.717) is 12.0 Å². The molecule has 3 heteroatoms. The van der Waals surface area contributed by atoms with E-state index in [0.717, 1.165) is 58.0 Å². The van der Waals surface area contributed by atoms with Crippen LogP contribution in [0.2, 0.25) is 0 Å². The van der Waals surface area contributed by atoms with Crippen LogP contribution >= 0.6 is 0 Å². The molecule has 134 valence electrons. The molecular weight excluding hydrogens is 300 g/mol. The molecule has 0 aromatic heterocycles. The van der Waals surface area contributed by atoms with Crippen molar-refractivity contribution in [2.45, 2.75) is 82.7 Å². The van der Waals surface area contributed by atoms with Gasteiger partial charge < -0.3 is 14.6 Å². The van der Waals surface area contributed by atoms with Gasteiger partial charge in [0.05, 0.1) is 12.2 Å². The monoisotopic (exact) mass is 332 g/mol. The molecule has 1 N–H and O–H groups in total. The molecule has 0 amide bonds. The lowest BCUT2D eigenvalue weighted by atomic mass is 9.82. The van der Waals surface area contributed by atoms with Gasteiger partial charge in [0.25, 0.3) is 0 Å². The summed E-state index contributed by atoms with van der Waals surface area (Å²) in [6.07, 6.45) is 11.0. The molecule has 24 heavy (non-hydrogen) atoms. The first kappa shape index (κ1) is 17.9. The van der Waals surface area contributed by atoms with Gasteiger partial charge in [0.1, 0.15) is 0 Å². The highest BCUT2D eigenvalue weighted by molar-refractivity contribution is 5.14. The molecule has 3 nitrogen and oxygen atoms in total. The molecule has 1 aromatic rings. The first-order chi connectivity index (χ1) is 11.8. The fourth-order valence-electron chi connectivity index (χ4n) is 4.04. The maximum Gasteiger partial charge on any atom is 0.157 e. The Morgan fingerprint density at radius 2 is 1.83 bits per heavy atom. The molecule has 1 saturated carbocycles. The first-order valence-electron chi connectivity index (χ1n) is 9.80. The Kier molecular flexibility index (Phi) is 7.13. The average molecular weight is 332 g/mol. The summed E-state index contributed by atoms with van der Waals surface area (Å²) in [4.78, 5) is 0. The Hall–Kier alpha value is -0.900. The van der Waals surface area contributed by atoms with Gasteiger partial charge in [-0.15, -0.1) is 0 Å². The van der Waals surface area contributed by atoms with Crippen molar-refractivity contribution in [3.63, 3.8) is 0 Å². The van der Waals surface area contributed by atoms with Gasteiger partial charge in [-0.2, -0.15) is 0 Å². The summed E-state index contributed by atoms with van der Waals surface area (Å²) in [5.74, 6) is 0.452. The molecule has 1 aliphatic heterocycles. The Morgan fingerprint density at radius 3 is 2.54 bits per heavy atom. The van der Waals surface area contributed by atoms with E-state index < -0.39 is 0 Å². The van der Waals surface area contributed by atoms with E-state index >= 15 is 0 Å². The molecule has 0 spiro atoms. The fourth-order valence-corrected chi connectivity index (χ4v) is 4.04. The molecule has 2 fully saturated rings. The van der Waals surface area contributed by atoms with Crippen LogP contribution in [0.3, 0.4) is 0 Å². The van der Waals surface area contributed by atoms with Gasteiger partial charge in [0.15, 0.2) is 6.29 Å². The predicted molar refractivity (Wildman–Crippen MR) is 95.8 cm³/mol. The zero-order valence-electron chi connectivity index (χ0n) is 14.7. The van der Waals surface area contributed by atoms with E-state index in [-0.39, 0.29) is 12.4 Å². The van der Waals surface area contributed by atoms with E-state index in [2.05, 4.69) is 30.3 Å². The minimum absolute atomic E-state index is 0.0242. The summed E-state index contributed by atoms with van der Waals surface area (Å²) in [5.41, 5.74) is 1.37. The van der Waals surface area contributed by atoms with Crippen LogP contribution in [0.25, 0.3) is 0 Å². The van der Waals surface area contributed by atoms with Crippen molar-refractivity contribution < 1.29 is 14.6 Å². The Labute approximate surface area is 146 Å². The molecule has 1 saturated heterocycles. The summed E-state index contributed by atoms with van der Waals surface area (Å²) >= 11 is 0. The van der Waals surface area contributed by atoms with Crippen LogP contribution in [-0.4, -0.2) is 30.2 Å². The van der Waals surface area contributed by atoms with E-state index in [1.807, 2.05) is 0 Å². The largest absolute Gasteiger partial charge is 0.393 e. The molecule has 3 rings (SSSR count). The van der Waals surface area contributed by atoms with Gasteiger partial charge in [-0.3, -0.25) is 0 Å². The topological polar surface area (TPSA) is 38.7 Å². The van der Waals surface area contributed by atoms with Crippen molar-refractivity contribution in [2.75, 3.05) is 6.61 Å². The molecule has 0 radical (unpaired) electrons. The van der Waals surface area contributed by atoms with Crippen molar-refractivity contribution in [3.8, 4) is 0 Å².